The fourth-order valence-electron chi connectivity index (χ4n) is 2.21. The first kappa shape index (κ1) is 17.8. The molecule has 0 aliphatic carbocycles. The van der Waals surface area contributed by atoms with E-state index < -0.39 is 5.91 Å². The van der Waals surface area contributed by atoms with Crippen molar-refractivity contribution in [2.75, 3.05) is 12.4 Å². The molecule has 0 fully saturated rings. The number of hydrogen-bond acceptors (Lipinski definition) is 3. The number of halogens is 1. The lowest BCUT2D eigenvalue weighted by Gasteiger charge is -2.14. The number of amides is 2. The van der Waals surface area contributed by atoms with E-state index in [1.54, 1.807) is 18.2 Å². The molecule has 0 aliphatic heterocycles. The standard InChI is InChI=1S/C18H19ClN2O3/c1-12(13-6-4-3-5-7-13)20-17(22)11-18(23)21-14-8-9-16(24-2)15(19)10-14/h3-10,12H,11H2,1-2H3,(H,20,22)(H,21,23). The van der Waals surface area contributed by atoms with E-state index in [2.05, 4.69) is 10.6 Å². The third kappa shape index (κ3) is 4.99. The maximum atomic E-state index is 12.0. The van der Waals surface area contributed by atoms with E-state index in [-0.39, 0.29) is 18.4 Å². The Labute approximate surface area is 146 Å². The van der Waals surface area contributed by atoms with Crippen LogP contribution in [0.3, 0.4) is 0 Å². The van der Waals surface area contributed by atoms with Gasteiger partial charge in [-0.3, -0.25) is 9.59 Å². The van der Waals surface area contributed by atoms with Crippen molar-refractivity contribution in [3.8, 4) is 5.75 Å². The van der Waals surface area contributed by atoms with Gasteiger partial charge in [0.25, 0.3) is 0 Å². The highest BCUT2D eigenvalue weighted by Gasteiger charge is 2.14. The van der Waals surface area contributed by atoms with Crippen LogP contribution in [0, 0.1) is 0 Å². The molecule has 0 heterocycles. The summed E-state index contributed by atoms with van der Waals surface area (Å²) in [5, 5.41) is 5.82. The van der Waals surface area contributed by atoms with Gasteiger partial charge in [-0.2, -0.15) is 0 Å². The molecule has 126 valence electrons. The van der Waals surface area contributed by atoms with E-state index in [1.165, 1.54) is 7.11 Å². The van der Waals surface area contributed by atoms with Gasteiger partial charge in [-0.1, -0.05) is 41.9 Å². The number of carbonyl (C=O) groups excluding carboxylic acids is 2. The number of carbonyl (C=O) groups is 2. The average Bonchev–Trinajstić information content (AvgIpc) is 2.55. The van der Waals surface area contributed by atoms with Crippen molar-refractivity contribution in [3.05, 3.63) is 59.1 Å². The van der Waals surface area contributed by atoms with Crippen molar-refractivity contribution in [2.24, 2.45) is 0 Å². The maximum absolute atomic E-state index is 12.0. The van der Waals surface area contributed by atoms with Gasteiger partial charge in [0, 0.05) is 5.69 Å². The van der Waals surface area contributed by atoms with E-state index in [0.29, 0.717) is 16.5 Å². The molecule has 2 rings (SSSR count). The van der Waals surface area contributed by atoms with Crippen LogP contribution in [-0.2, 0) is 9.59 Å². The molecule has 0 bridgehead atoms. The van der Waals surface area contributed by atoms with Crippen LogP contribution in [0.1, 0.15) is 24.9 Å². The monoisotopic (exact) mass is 346 g/mol. The Bertz CT molecular complexity index is 719. The molecule has 2 N–H and O–H groups in total. The molecule has 0 aliphatic rings. The van der Waals surface area contributed by atoms with E-state index in [9.17, 15) is 9.59 Å². The fraction of sp³-hybridized carbons (Fsp3) is 0.222. The summed E-state index contributed by atoms with van der Waals surface area (Å²) < 4.78 is 5.05. The van der Waals surface area contributed by atoms with Crippen LogP contribution in [0.2, 0.25) is 5.02 Å². The van der Waals surface area contributed by atoms with E-state index in [1.807, 2.05) is 37.3 Å². The van der Waals surface area contributed by atoms with E-state index in [0.717, 1.165) is 5.56 Å². The molecule has 2 aromatic carbocycles. The summed E-state index contributed by atoms with van der Waals surface area (Å²) >= 11 is 6.00. The zero-order chi connectivity index (χ0) is 17.5. The minimum Gasteiger partial charge on any atom is -0.495 e. The molecule has 2 aromatic rings. The maximum Gasteiger partial charge on any atom is 0.233 e. The highest BCUT2D eigenvalue weighted by Crippen LogP contribution is 2.27. The topological polar surface area (TPSA) is 67.4 Å². The van der Waals surface area contributed by atoms with Crippen molar-refractivity contribution in [1.82, 2.24) is 5.32 Å². The second kappa shape index (κ2) is 8.36. The van der Waals surface area contributed by atoms with Crippen molar-refractivity contribution in [1.29, 1.82) is 0 Å². The lowest BCUT2D eigenvalue weighted by atomic mass is 10.1. The number of ether oxygens (including phenoxy) is 1. The largest absolute Gasteiger partial charge is 0.495 e. The fourth-order valence-corrected chi connectivity index (χ4v) is 2.47. The van der Waals surface area contributed by atoms with Crippen LogP contribution in [0.15, 0.2) is 48.5 Å². The zero-order valence-corrected chi connectivity index (χ0v) is 14.3. The summed E-state index contributed by atoms with van der Waals surface area (Å²) in [4.78, 5) is 23.9. The van der Waals surface area contributed by atoms with E-state index >= 15 is 0 Å². The van der Waals surface area contributed by atoms with Crippen LogP contribution in [0.4, 0.5) is 5.69 Å². The molecule has 1 atom stereocenters. The SMILES string of the molecule is COc1ccc(NC(=O)CC(=O)NC(C)c2ccccc2)cc1Cl. The Kier molecular flexibility index (Phi) is 6.21. The van der Waals surface area contributed by atoms with Gasteiger partial charge in [0.2, 0.25) is 11.8 Å². The number of anilines is 1. The first-order valence-corrected chi connectivity index (χ1v) is 7.85. The third-order valence-electron chi connectivity index (χ3n) is 3.43. The summed E-state index contributed by atoms with van der Waals surface area (Å²) in [7, 11) is 1.51. The van der Waals surface area contributed by atoms with Gasteiger partial charge in [-0.25, -0.2) is 0 Å². The van der Waals surface area contributed by atoms with E-state index in [4.69, 9.17) is 16.3 Å². The predicted octanol–water partition coefficient (Wildman–Crippen LogP) is 3.55. The molecule has 6 heteroatoms. The number of methoxy groups -OCH3 is 1. The molecular weight excluding hydrogens is 328 g/mol. The molecule has 24 heavy (non-hydrogen) atoms. The third-order valence-corrected chi connectivity index (χ3v) is 3.73. The van der Waals surface area contributed by atoms with Crippen molar-refractivity contribution >= 4 is 29.1 Å². The first-order chi connectivity index (χ1) is 11.5. The second-order valence-corrected chi connectivity index (χ2v) is 5.68. The summed E-state index contributed by atoms with van der Waals surface area (Å²) in [6.45, 7) is 1.87. The molecule has 5 nitrogen and oxygen atoms in total. The Morgan fingerprint density at radius 1 is 1.12 bits per heavy atom. The Hall–Kier alpha value is -2.53. The molecular formula is C18H19ClN2O3. The lowest BCUT2D eigenvalue weighted by Crippen LogP contribution is -2.30. The highest BCUT2D eigenvalue weighted by molar-refractivity contribution is 6.32. The Morgan fingerprint density at radius 2 is 1.83 bits per heavy atom. The first-order valence-electron chi connectivity index (χ1n) is 7.47. The summed E-state index contributed by atoms with van der Waals surface area (Å²) in [6.07, 6.45) is -0.263. The smallest absolute Gasteiger partial charge is 0.233 e. The van der Waals surface area contributed by atoms with Gasteiger partial charge in [-0.15, -0.1) is 0 Å². The van der Waals surface area contributed by atoms with Gasteiger partial charge in [0.15, 0.2) is 0 Å². The minimum absolute atomic E-state index is 0.165. The van der Waals surface area contributed by atoms with Crippen LogP contribution < -0.4 is 15.4 Å². The molecule has 0 saturated heterocycles. The van der Waals surface area contributed by atoms with Crippen molar-refractivity contribution < 1.29 is 14.3 Å². The van der Waals surface area contributed by atoms with Gasteiger partial charge in [-0.05, 0) is 30.7 Å². The highest BCUT2D eigenvalue weighted by atomic mass is 35.5. The lowest BCUT2D eigenvalue weighted by molar-refractivity contribution is -0.127. The van der Waals surface area contributed by atoms with Gasteiger partial charge < -0.3 is 15.4 Å². The average molecular weight is 347 g/mol. The van der Waals surface area contributed by atoms with Crippen molar-refractivity contribution in [3.63, 3.8) is 0 Å². The van der Waals surface area contributed by atoms with Crippen LogP contribution in [-0.4, -0.2) is 18.9 Å². The Morgan fingerprint density at radius 3 is 2.46 bits per heavy atom. The Balaban J connectivity index is 1.87. The van der Waals surface area contributed by atoms with Gasteiger partial charge in [0.1, 0.15) is 12.2 Å². The quantitative estimate of drug-likeness (QED) is 0.786. The number of hydrogen-bond donors (Lipinski definition) is 2. The molecule has 1 unspecified atom stereocenters. The molecule has 0 saturated carbocycles. The second-order valence-electron chi connectivity index (χ2n) is 5.27. The van der Waals surface area contributed by atoms with Gasteiger partial charge in [0.05, 0.1) is 18.2 Å². The summed E-state index contributed by atoms with van der Waals surface area (Å²) in [5.41, 5.74) is 1.49. The number of benzene rings is 2. The van der Waals surface area contributed by atoms with Crippen LogP contribution in [0.5, 0.6) is 5.75 Å². The van der Waals surface area contributed by atoms with Crippen LogP contribution >= 0.6 is 11.6 Å². The molecule has 0 radical (unpaired) electrons. The zero-order valence-electron chi connectivity index (χ0n) is 13.5. The predicted molar refractivity (Wildman–Crippen MR) is 94.3 cm³/mol. The molecule has 2 amide bonds. The number of rotatable bonds is 6. The number of nitrogens with one attached hydrogen (secondary N) is 2. The molecule has 0 spiro atoms. The van der Waals surface area contributed by atoms with Crippen molar-refractivity contribution in [2.45, 2.75) is 19.4 Å². The van der Waals surface area contributed by atoms with Crippen LogP contribution in [0.25, 0.3) is 0 Å². The molecule has 0 aromatic heterocycles. The summed E-state index contributed by atoms with van der Waals surface area (Å²) in [6, 6.07) is 14.3. The summed E-state index contributed by atoms with van der Waals surface area (Å²) in [5.74, 6) is -0.235. The van der Waals surface area contributed by atoms with Gasteiger partial charge >= 0.3 is 0 Å². The normalized spacial score (nSPS) is 11.5. The minimum atomic E-state index is -0.408.